The van der Waals surface area contributed by atoms with Gasteiger partial charge in [-0.1, -0.05) is 37.6 Å². The van der Waals surface area contributed by atoms with E-state index in [1.165, 1.54) is 6.42 Å². The Morgan fingerprint density at radius 3 is 2.55 bits per heavy atom. The van der Waals surface area contributed by atoms with Gasteiger partial charge in [0.05, 0.1) is 37.1 Å². The van der Waals surface area contributed by atoms with Crippen LogP contribution in [0.3, 0.4) is 0 Å². The topological polar surface area (TPSA) is 90.1 Å². The molecule has 4 rings (SSSR count). The van der Waals surface area contributed by atoms with Crippen molar-refractivity contribution in [3.63, 3.8) is 0 Å². The molecule has 0 aromatic carbocycles. The van der Waals surface area contributed by atoms with E-state index in [4.69, 9.17) is 9.73 Å². The van der Waals surface area contributed by atoms with Crippen molar-refractivity contribution in [1.82, 2.24) is 4.90 Å². The van der Waals surface area contributed by atoms with Crippen LogP contribution in [0.5, 0.6) is 0 Å². The van der Waals surface area contributed by atoms with Crippen LogP contribution in [0.2, 0.25) is 0 Å². The van der Waals surface area contributed by atoms with E-state index < -0.39 is 11.1 Å². The summed E-state index contributed by atoms with van der Waals surface area (Å²) in [7, 11) is 0. The number of carbonyl (C=O) groups excluding carboxylic acids is 3. The van der Waals surface area contributed by atoms with Crippen LogP contribution >= 0.6 is 11.8 Å². The van der Waals surface area contributed by atoms with E-state index in [0.717, 1.165) is 69.0 Å². The van der Waals surface area contributed by atoms with Crippen molar-refractivity contribution in [2.45, 2.75) is 76.9 Å². The summed E-state index contributed by atoms with van der Waals surface area (Å²) < 4.78 is 6.11. The largest absolute Gasteiger partial charge is 1.00 e. The molecule has 7 nitrogen and oxygen atoms in total. The molecule has 2 heterocycles. The van der Waals surface area contributed by atoms with E-state index in [2.05, 4.69) is 12.2 Å². The monoisotopic (exact) mass is 455 g/mol. The first-order valence-electron chi connectivity index (χ1n) is 11.2. The maximum absolute atomic E-state index is 13.0. The number of carbonyl (C=O) groups is 3. The molecule has 2 atom stereocenters. The molecule has 0 bridgehead atoms. The van der Waals surface area contributed by atoms with E-state index in [0.29, 0.717) is 24.0 Å². The minimum atomic E-state index is -0.412. The van der Waals surface area contributed by atoms with Gasteiger partial charge in [0.15, 0.2) is 0 Å². The van der Waals surface area contributed by atoms with Gasteiger partial charge in [-0.25, -0.2) is 0 Å². The molecular formula is C22H30N3NaO4S. The van der Waals surface area contributed by atoms with Crippen molar-refractivity contribution in [2.24, 2.45) is 16.8 Å². The summed E-state index contributed by atoms with van der Waals surface area (Å²) in [6.07, 6.45) is 10.9. The van der Waals surface area contributed by atoms with Gasteiger partial charge in [0, 0.05) is 11.3 Å². The second-order valence-electron chi connectivity index (χ2n) is 8.57. The summed E-state index contributed by atoms with van der Waals surface area (Å²) in [6.45, 7) is 3.17. The second-order valence-corrected chi connectivity index (χ2v) is 9.56. The molecule has 2 aliphatic heterocycles. The Morgan fingerprint density at radius 1 is 1.13 bits per heavy atom. The molecular weight excluding hydrogens is 425 g/mol. The number of hydrogen-bond donors (Lipinski definition) is 0. The molecule has 0 N–H and O–H groups in total. The zero-order valence-electron chi connectivity index (χ0n) is 18.5. The van der Waals surface area contributed by atoms with Crippen molar-refractivity contribution < 1.29 is 48.7 Å². The Morgan fingerprint density at radius 2 is 1.87 bits per heavy atom. The fraction of sp³-hybridized carbons (Fsp3) is 0.727. The summed E-state index contributed by atoms with van der Waals surface area (Å²) >= 11 is 0.934. The molecule has 9 heteroatoms. The first-order valence-corrected chi connectivity index (χ1v) is 12.1. The molecule has 3 fully saturated rings. The number of amidine groups is 1. The summed E-state index contributed by atoms with van der Waals surface area (Å²) in [5.41, 5.74) is 0. The van der Waals surface area contributed by atoms with Gasteiger partial charge < -0.3 is 19.6 Å². The van der Waals surface area contributed by atoms with Gasteiger partial charge in [0.25, 0.3) is 0 Å². The van der Waals surface area contributed by atoms with Crippen molar-refractivity contribution in [3.05, 3.63) is 16.3 Å². The van der Waals surface area contributed by atoms with Crippen molar-refractivity contribution in [2.75, 3.05) is 13.2 Å². The molecule has 31 heavy (non-hydrogen) atoms. The Hall–Kier alpha value is -0.670. The average Bonchev–Trinajstić information content (AvgIpc) is 3.07. The summed E-state index contributed by atoms with van der Waals surface area (Å²) in [5.74, 6) is 1.11. The van der Waals surface area contributed by atoms with Crippen molar-refractivity contribution >= 4 is 34.7 Å². The minimum absolute atomic E-state index is 0. The average molecular weight is 456 g/mol. The maximum atomic E-state index is 13.0. The number of amides is 3. The first-order chi connectivity index (χ1) is 14.5. The zero-order valence-corrected chi connectivity index (χ0v) is 21.4. The second kappa shape index (κ2) is 11.5. The normalized spacial score (nSPS) is 32.4. The van der Waals surface area contributed by atoms with Crippen molar-refractivity contribution in [3.8, 4) is 0 Å². The molecule has 3 amide bonds. The molecule has 1 saturated heterocycles. The molecule has 2 aliphatic carbocycles. The van der Waals surface area contributed by atoms with E-state index in [9.17, 15) is 14.4 Å². The van der Waals surface area contributed by atoms with Gasteiger partial charge in [-0.15, -0.1) is 0 Å². The third kappa shape index (κ3) is 6.02. The number of allylic oxidation sites excluding steroid dienone is 1. The molecule has 164 valence electrons. The van der Waals surface area contributed by atoms with Gasteiger partial charge >= 0.3 is 29.6 Å². The predicted octanol–water partition coefficient (Wildman–Crippen LogP) is 1.43. The quantitative estimate of drug-likeness (QED) is 0.446. The van der Waals surface area contributed by atoms with Gasteiger partial charge in [-0.2, -0.15) is 0 Å². The Kier molecular flexibility index (Phi) is 9.22. The fourth-order valence-corrected chi connectivity index (χ4v) is 5.72. The van der Waals surface area contributed by atoms with Crippen LogP contribution in [0, 0.1) is 11.8 Å². The standard InChI is InChI=1S/C22H31N3O4S.Na/c1-2-19-23-17-6-4-3-5-16(17)21(27)25(19)11-12-29-15-9-7-14(8-10-15)13-18-20(26)24-22(28)30-18;/h13-17H,2-12H2,1H3,(H,24,26,28);/q;+1/p-1/b18-13+;. The van der Waals surface area contributed by atoms with Crippen LogP contribution in [-0.2, 0) is 14.3 Å². The van der Waals surface area contributed by atoms with Gasteiger partial charge in [-0.05, 0) is 44.4 Å². The number of aliphatic imine (C=N–C) groups is 1. The Bertz CT molecular complexity index is 764. The summed E-state index contributed by atoms with van der Waals surface area (Å²) in [6, 6.07) is 0.191. The molecule has 0 aromatic heterocycles. The number of hydrogen-bond acceptors (Lipinski definition) is 6. The van der Waals surface area contributed by atoms with Crippen LogP contribution in [0.1, 0.15) is 64.7 Å². The first kappa shape index (κ1) is 25.0. The van der Waals surface area contributed by atoms with Gasteiger partial charge in [-0.3, -0.25) is 14.7 Å². The van der Waals surface area contributed by atoms with E-state index in [1.807, 2.05) is 11.0 Å². The smallest absolute Gasteiger partial charge is 0.581 e. The molecule has 0 spiro atoms. The van der Waals surface area contributed by atoms with Gasteiger partial charge in [0.1, 0.15) is 11.1 Å². The van der Waals surface area contributed by atoms with E-state index >= 15 is 0 Å². The molecule has 2 unspecified atom stereocenters. The Labute approximate surface area is 210 Å². The third-order valence-electron chi connectivity index (χ3n) is 6.63. The number of rotatable bonds is 6. The Balaban J connectivity index is 0.00000272. The summed E-state index contributed by atoms with van der Waals surface area (Å²) in [5, 5.41) is 3.02. The number of thioether (sulfide) groups is 1. The SMILES string of the molecule is CCC1=NC2CCCCC2C(=O)N1CCOC1CCC(/C=C2/SC(=O)[N-]C2=O)CC1.[Na+]. The van der Waals surface area contributed by atoms with Crippen LogP contribution in [-0.4, -0.2) is 53.1 Å². The number of imide groups is 1. The van der Waals surface area contributed by atoms with E-state index in [-0.39, 0.29) is 53.5 Å². The molecule has 4 aliphatic rings. The van der Waals surface area contributed by atoms with Crippen LogP contribution in [0.4, 0.5) is 4.79 Å². The van der Waals surface area contributed by atoms with Crippen LogP contribution in [0.15, 0.2) is 16.0 Å². The maximum Gasteiger partial charge on any atom is 1.00 e. The van der Waals surface area contributed by atoms with Crippen molar-refractivity contribution in [1.29, 1.82) is 0 Å². The number of fused-ring (bicyclic) bond motifs is 1. The van der Waals surface area contributed by atoms with E-state index in [1.54, 1.807) is 0 Å². The minimum Gasteiger partial charge on any atom is -0.581 e. The third-order valence-corrected chi connectivity index (χ3v) is 7.43. The fourth-order valence-electron chi connectivity index (χ4n) is 5.01. The number of ether oxygens (including phenoxy) is 1. The van der Waals surface area contributed by atoms with Crippen LogP contribution < -0.4 is 29.6 Å². The molecule has 0 aromatic rings. The van der Waals surface area contributed by atoms with Crippen LogP contribution in [0.25, 0.3) is 5.32 Å². The zero-order chi connectivity index (χ0) is 21.1. The molecule has 2 saturated carbocycles. The predicted molar refractivity (Wildman–Crippen MR) is 116 cm³/mol. The summed E-state index contributed by atoms with van der Waals surface area (Å²) in [4.78, 5) is 43.1. The van der Waals surface area contributed by atoms with Gasteiger partial charge in [0.2, 0.25) is 5.91 Å². The number of nitrogens with zero attached hydrogens (tertiary/aromatic N) is 3. The molecule has 0 radical (unpaired) electrons.